The Morgan fingerprint density at radius 2 is 2.21 bits per heavy atom. The summed E-state index contributed by atoms with van der Waals surface area (Å²) in [4.78, 5) is 17.9. The molecule has 1 amide bonds. The highest BCUT2D eigenvalue weighted by Crippen LogP contribution is 2.29. The summed E-state index contributed by atoms with van der Waals surface area (Å²) in [5, 5.41) is 2.89. The standard InChI is InChI=1S/C14H20N4O/c1-9-10(2)18(8-6-13(19)17-9)11(3)12-5-4-7-16-14(12)15/h4-5,7,11H,6,8H2,1-3H3,(H2,15,16)(H,17,19). The van der Waals surface area contributed by atoms with Gasteiger partial charge in [0.05, 0.1) is 6.04 Å². The third-order valence-corrected chi connectivity index (χ3v) is 3.67. The molecular weight excluding hydrogens is 240 g/mol. The molecule has 0 spiro atoms. The van der Waals surface area contributed by atoms with Crippen molar-refractivity contribution in [2.45, 2.75) is 33.2 Å². The molecule has 5 nitrogen and oxygen atoms in total. The summed E-state index contributed by atoms with van der Waals surface area (Å²) in [7, 11) is 0. The maximum absolute atomic E-state index is 11.6. The normalized spacial score (nSPS) is 18.1. The molecule has 1 atom stereocenters. The van der Waals surface area contributed by atoms with Crippen molar-refractivity contribution in [3.63, 3.8) is 0 Å². The SMILES string of the molecule is CC1=C(C)N(C(C)c2cccnc2N)CCC(=O)N1. The summed E-state index contributed by atoms with van der Waals surface area (Å²) >= 11 is 0. The second-order valence-electron chi connectivity index (χ2n) is 4.86. The highest BCUT2D eigenvalue weighted by Gasteiger charge is 2.23. The van der Waals surface area contributed by atoms with Gasteiger partial charge in [0.25, 0.3) is 0 Å². The predicted octanol–water partition coefficient (Wildman–Crippen LogP) is 1.80. The number of nitrogen functional groups attached to an aromatic ring is 1. The number of hydrogen-bond donors (Lipinski definition) is 2. The molecule has 0 aliphatic carbocycles. The van der Waals surface area contributed by atoms with E-state index in [1.54, 1.807) is 6.20 Å². The first-order valence-corrected chi connectivity index (χ1v) is 6.45. The smallest absolute Gasteiger partial charge is 0.225 e. The molecule has 3 N–H and O–H groups in total. The summed E-state index contributed by atoms with van der Waals surface area (Å²) in [6.07, 6.45) is 2.17. The number of anilines is 1. The molecule has 2 rings (SSSR count). The van der Waals surface area contributed by atoms with Gasteiger partial charge in [-0.2, -0.15) is 0 Å². The monoisotopic (exact) mass is 260 g/mol. The van der Waals surface area contributed by atoms with Crippen molar-refractivity contribution in [2.24, 2.45) is 0 Å². The van der Waals surface area contributed by atoms with Crippen molar-refractivity contribution in [3.8, 4) is 0 Å². The van der Waals surface area contributed by atoms with Crippen molar-refractivity contribution < 1.29 is 4.79 Å². The van der Waals surface area contributed by atoms with E-state index in [0.29, 0.717) is 18.8 Å². The van der Waals surface area contributed by atoms with Gasteiger partial charge in [-0.25, -0.2) is 4.98 Å². The molecule has 2 heterocycles. The largest absolute Gasteiger partial charge is 0.383 e. The fourth-order valence-corrected chi connectivity index (χ4v) is 2.40. The van der Waals surface area contributed by atoms with Crippen LogP contribution in [-0.4, -0.2) is 22.3 Å². The number of pyridine rings is 1. The molecule has 0 saturated heterocycles. The van der Waals surface area contributed by atoms with Crippen molar-refractivity contribution in [1.82, 2.24) is 15.2 Å². The van der Waals surface area contributed by atoms with Gasteiger partial charge in [0.15, 0.2) is 0 Å². The molecule has 0 radical (unpaired) electrons. The molecule has 19 heavy (non-hydrogen) atoms. The van der Waals surface area contributed by atoms with E-state index in [-0.39, 0.29) is 11.9 Å². The highest BCUT2D eigenvalue weighted by molar-refractivity contribution is 5.78. The van der Waals surface area contributed by atoms with Crippen molar-refractivity contribution in [3.05, 3.63) is 35.3 Å². The van der Waals surface area contributed by atoms with Crippen LogP contribution in [0.3, 0.4) is 0 Å². The van der Waals surface area contributed by atoms with Gasteiger partial charge in [0.2, 0.25) is 5.91 Å². The number of rotatable bonds is 2. The molecule has 0 aromatic carbocycles. The van der Waals surface area contributed by atoms with Crippen molar-refractivity contribution >= 4 is 11.7 Å². The number of carbonyl (C=O) groups is 1. The Kier molecular flexibility index (Phi) is 3.74. The number of allylic oxidation sites excluding steroid dienone is 2. The van der Waals surface area contributed by atoms with Gasteiger partial charge in [-0.3, -0.25) is 4.79 Å². The summed E-state index contributed by atoms with van der Waals surface area (Å²) in [5.41, 5.74) is 8.90. The molecule has 1 unspecified atom stereocenters. The molecule has 1 aromatic rings. The Bertz CT molecular complexity index is 524. The van der Waals surface area contributed by atoms with Crippen molar-refractivity contribution in [1.29, 1.82) is 0 Å². The Balaban J connectivity index is 2.33. The quantitative estimate of drug-likeness (QED) is 0.850. The van der Waals surface area contributed by atoms with Crippen LogP contribution in [0.15, 0.2) is 29.7 Å². The predicted molar refractivity (Wildman–Crippen MR) is 74.9 cm³/mol. The summed E-state index contributed by atoms with van der Waals surface area (Å²) in [6, 6.07) is 3.96. The van der Waals surface area contributed by atoms with E-state index in [2.05, 4.69) is 22.1 Å². The molecule has 0 saturated carbocycles. The number of hydrogen-bond acceptors (Lipinski definition) is 4. The van der Waals surface area contributed by atoms with Crippen LogP contribution in [0.1, 0.15) is 38.8 Å². The van der Waals surface area contributed by atoms with E-state index < -0.39 is 0 Å². The molecule has 102 valence electrons. The van der Waals surface area contributed by atoms with Gasteiger partial charge >= 0.3 is 0 Å². The lowest BCUT2D eigenvalue weighted by molar-refractivity contribution is -0.120. The van der Waals surface area contributed by atoms with Crippen LogP contribution >= 0.6 is 0 Å². The molecule has 5 heteroatoms. The van der Waals surface area contributed by atoms with E-state index in [0.717, 1.165) is 17.0 Å². The minimum absolute atomic E-state index is 0.0608. The third-order valence-electron chi connectivity index (χ3n) is 3.67. The first kappa shape index (κ1) is 13.4. The molecule has 1 aliphatic heterocycles. The fourth-order valence-electron chi connectivity index (χ4n) is 2.40. The lowest BCUT2D eigenvalue weighted by Gasteiger charge is -2.31. The zero-order valence-electron chi connectivity index (χ0n) is 11.6. The van der Waals surface area contributed by atoms with Crippen molar-refractivity contribution in [2.75, 3.05) is 12.3 Å². The zero-order valence-corrected chi connectivity index (χ0v) is 11.6. The van der Waals surface area contributed by atoms with Crippen LogP contribution in [0, 0.1) is 0 Å². The van der Waals surface area contributed by atoms with Crippen LogP contribution in [0.4, 0.5) is 5.82 Å². The minimum atomic E-state index is 0.0608. The Labute approximate surface area is 113 Å². The number of nitrogens with one attached hydrogen (secondary N) is 1. The first-order chi connectivity index (χ1) is 9.00. The topological polar surface area (TPSA) is 71.2 Å². The van der Waals surface area contributed by atoms with Gasteiger partial charge in [-0.1, -0.05) is 6.07 Å². The number of nitrogens with two attached hydrogens (primary N) is 1. The zero-order chi connectivity index (χ0) is 14.0. The van der Waals surface area contributed by atoms with Crippen LogP contribution in [-0.2, 0) is 4.79 Å². The van der Waals surface area contributed by atoms with Crippen LogP contribution < -0.4 is 11.1 Å². The minimum Gasteiger partial charge on any atom is -0.383 e. The van der Waals surface area contributed by atoms with Gasteiger partial charge in [-0.05, 0) is 26.8 Å². The lowest BCUT2D eigenvalue weighted by atomic mass is 10.1. The van der Waals surface area contributed by atoms with E-state index in [9.17, 15) is 4.79 Å². The maximum atomic E-state index is 11.6. The van der Waals surface area contributed by atoms with Gasteiger partial charge < -0.3 is 16.0 Å². The van der Waals surface area contributed by atoms with Crippen LogP contribution in [0.5, 0.6) is 0 Å². The van der Waals surface area contributed by atoms with Gasteiger partial charge in [0.1, 0.15) is 5.82 Å². The summed E-state index contributed by atoms with van der Waals surface area (Å²) < 4.78 is 0. The first-order valence-electron chi connectivity index (χ1n) is 6.45. The lowest BCUT2D eigenvalue weighted by Crippen LogP contribution is -2.27. The number of carbonyl (C=O) groups excluding carboxylic acids is 1. The van der Waals surface area contributed by atoms with Crippen LogP contribution in [0.2, 0.25) is 0 Å². The Hall–Kier alpha value is -2.04. The molecule has 0 fully saturated rings. The summed E-state index contributed by atoms with van der Waals surface area (Å²) in [5.74, 6) is 0.606. The second-order valence-corrected chi connectivity index (χ2v) is 4.86. The molecule has 1 aromatic heterocycles. The summed E-state index contributed by atoms with van der Waals surface area (Å²) in [6.45, 7) is 6.71. The maximum Gasteiger partial charge on any atom is 0.225 e. The van der Waals surface area contributed by atoms with Crippen LogP contribution in [0.25, 0.3) is 0 Å². The van der Waals surface area contributed by atoms with E-state index in [4.69, 9.17) is 5.73 Å². The molecular formula is C14H20N4O. The van der Waals surface area contributed by atoms with Gasteiger partial charge in [0, 0.05) is 36.1 Å². The van der Waals surface area contributed by atoms with E-state index >= 15 is 0 Å². The van der Waals surface area contributed by atoms with Gasteiger partial charge in [-0.15, -0.1) is 0 Å². The second kappa shape index (κ2) is 5.30. The highest BCUT2D eigenvalue weighted by atomic mass is 16.1. The van der Waals surface area contributed by atoms with E-state index in [1.165, 1.54) is 0 Å². The number of nitrogens with zero attached hydrogens (tertiary/aromatic N) is 2. The van der Waals surface area contributed by atoms with E-state index in [1.807, 2.05) is 26.0 Å². The number of aromatic nitrogens is 1. The Morgan fingerprint density at radius 1 is 1.47 bits per heavy atom. The fraction of sp³-hybridized carbons (Fsp3) is 0.429. The molecule has 0 bridgehead atoms. The molecule has 1 aliphatic rings. The Morgan fingerprint density at radius 3 is 2.89 bits per heavy atom. The average molecular weight is 260 g/mol. The number of amides is 1. The average Bonchev–Trinajstić information content (AvgIpc) is 2.50. The third kappa shape index (κ3) is 2.70.